The second-order valence-corrected chi connectivity index (χ2v) is 11.4. The minimum absolute atomic E-state index is 0.188. The van der Waals surface area contributed by atoms with E-state index in [1.165, 1.54) is 26.9 Å². The topological polar surface area (TPSA) is 8.17 Å². The number of anilines is 3. The molecule has 0 spiro atoms. The highest BCUT2D eigenvalue weighted by Crippen LogP contribution is 2.45. The first-order valence-electron chi connectivity index (χ1n) is 17.9. The van der Waals surface area contributed by atoms with Crippen LogP contribution in [0.5, 0.6) is 0 Å². The Hall–Kier alpha value is -6.12. The monoisotopic (exact) mass is 591 g/mol. The third kappa shape index (κ3) is 4.19. The van der Waals surface area contributed by atoms with Gasteiger partial charge in [0, 0.05) is 38.9 Å². The summed E-state index contributed by atoms with van der Waals surface area (Å²) < 4.78 is 43.8. The zero-order valence-corrected chi connectivity index (χ0v) is 24.8. The van der Waals surface area contributed by atoms with Gasteiger partial charge in [-0.3, -0.25) is 0 Å². The summed E-state index contributed by atoms with van der Waals surface area (Å²) in [5, 5.41) is 7.12. The molecule has 0 saturated heterocycles. The molecule has 0 radical (unpaired) electrons. The van der Waals surface area contributed by atoms with Crippen LogP contribution in [0.25, 0.3) is 60.2 Å². The molecule has 0 aliphatic heterocycles. The van der Waals surface area contributed by atoms with Crippen LogP contribution in [0, 0.1) is 0 Å². The maximum atomic E-state index is 8.51. The summed E-state index contributed by atoms with van der Waals surface area (Å²) in [6, 6.07) is 50.7. The molecular weight excluding hydrogens is 556 g/mol. The van der Waals surface area contributed by atoms with Gasteiger partial charge in [-0.05, 0) is 81.9 Å². The van der Waals surface area contributed by atoms with E-state index in [0.29, 0.717) is 5.56 Å². The quantitative estimate of drug-likeness (QED) is 0.181. The molecule has 0 atom stereocenters. The first-order chi connectivity index (χ1) is 24.9. The minimum atomic E-state index is -0.398. The highest BCUT2D eigenvalue weighted by atomic mass is 15.1. The smallest absolute Gasteiger partial charge is 0.0629 e. The van der Waals surface area contributed by atoms with Gasteiger partial charge in [0.15, 0.2) is 0 Å². The molecule has 46 heavy (non-hydrogen) atoms. The summed E-state index contributed by atoms with van der Waals surface area (Å²) >= 11 is 0. The Labute approximate surface area is 275 Å². The lowest BCUT2D eigenvalue weighted by Crippen LogP contribution is -2.09. The Morgan fingerprint density at radius 3 is 1.72 bits per heavy atom. The summed E-state index contributed by atoms with van der Waals surface area (Å²) in [6.07, 6.45) is 0. The number of hydrogen-bond acceptors (Lipinski definition) is 1. The van der Waals surface area contributed by atoms with Gasteiger partial charge in [-0.15, -0.1) is 0 Å². The Bertz CT molecular complexity index is 2760. The molecule has 0 aliphatic rings. The van der Waals surface area contributed by atoms with Crippen LogP contribution in [0.2, 0.25) is 0 Å². The van der Waals surface area contributed by atoms with Gasteiger partial charge in [0.05, 0.1) is 17.9 Å². The van der Waals surface area contributed by atoms with E-state index < -0.39 is 6.04 Å². The van der Waals surface area contributed by atoms with E-state index >= 15 is 0 Å². The van der Waals surface area contributed by atoms with Gasteiger partial charge in [-0.1, -0.05) is 127 Å². The Morgan fingerprint density at radius 2 is 1.00 bits per heavy atom. The van der Waals surface area contributed by atoms with Gasteiger partial charge < -0.3 is 9.47 Å². The lowest BCUT2D eigenvalue weighted by Gasteiger charge is -2.26. The number of rotatable bonds is 5. The van der Waals surface area contributed by atoms with Gasteiger partial charge in [0.1, 0.15) is 0 Å². The van der Waals surface area contributed by atoms with Crippen LogP contribution in [0.15, 0.2) is 182 Å². The number of benzene rings is 8. The van der Waals surface area contributed by atoms with Crippen molar-refractivity contribution in [3.63, 3.8) is 0 Å². The highest BCUT2D eigenvalue weighted by Gasteiger charge is 2.21. The van der Waals surface area contributed by atoms with E-state index in [-0.39, 0.29) is 29.7 Å². The second-order valence-electron chi connectivity index (χ2n) is 11.4. The van der Waals surface area contributed by atoms with Crippen LogP contribution in [0.3, 0.4) is 0 Å². The molecule has 2 nitrogen and oxygen atoms in total. The van der Waals surface area contributed by atoms with Crippen molar-refractivity contribution in [1.82, 2.24) is 4.57 Å². The van der Waals surface area contributed by atoms with Gasteiger partial charge in [-0.25, -0.2) is 0 Å². The van der Waals surface area contributed by atoms with Gasteiger partial charge in [0.2, 0.25) is 0 Å². The number of hydrogen-bond donors (Lipinski definition) is 0. The van der Waals surface area contributed by atoms with Crippen LogP contribution < -0.4 is 4.90 Å². The zero-order chi connectivity index (χ0) is 34.8. The van der Waals surface area contributed by atoms with Crippen LogP contribution in [0.1, 0.15) is 6.85 Å². The molecule has 9 rings (SSSR count). The average molecular weight is 592 g/mol. The summed E-state index contributed by atoms with van der Waals surface area (Å²) in [5.74, 6) is 0. The van der Waals surface area contributed by atoms with Crippen LogP contribution in [-0.2, 0) is 0 Å². The van der Waals surface area contributed by atoms with Gasteiger partial charge in [0.25, 0.3) is 0 Å². The summed E-state index contributed by atoms with van der Waals surface area (Å²) in [5.41, 5.74) is 6.91. The Balaban J connectivity index is 1.31. The first-order valence-corrected chi connectivity index (χ1v) is 15.4. The maximum absolute atomic E-state index is 8.51. The molecule has 2 heteroatoms. The van der Waals surface area contributed by atoms with E-state index in [1.807, 2.05) is 48.5 Å². The third-order valence-corrected chi connectivity index (χ3v) is 8.82. The summed E-state index contributed by atoms with van der Waals surface area (Å²) in [6.45, 7) is 0. The molecule has 8 aromatic carbocycles. The standard InChI is InChI=1S/C44H30N2/c1-4-14-31(15-5-1)32-24-26-35(27-25-32)45(33-16-6-2-7-17-33)36-28-29-42-41(30-36)43-39-22-12-10-20-37(39)38-21-11-13-23-40(38)44(43)46(42)34-18-8-3-9-19-34/h1-30H/i1D,4D,5D,14D,15D. The van der Waals surface area contributed by atoms with E-state index in [1.54, 1.807) is 0 Å². The summed E-state index contributed by atoms with van der Waals surface area (Å²) in [7, 11) is 0. The van der Waals surface area contributed by atoms with E-state index in [0.717, 1.165) is 39.2 Å². The van der Waals surface area contributed by atoms with Gasteiger partial charge in [-0.2, -0.15) is 0 Å². The number of para-hydroxylation sites is 2. The van der Waals surface area contributed by atoms with Crippen LogP contribution in [-0.4, -0.2) is 4.57 Å². The number of nitrogens with zero attached hydrogens (tertiary/aromatic N) is 2. The maximum Gasteiger partial charge on any atom is 0.0629 e. The molecule has 0 fully saturated rings. The van der Waals surface area contributed by atoms with Crippen molar-refractivity contribution in [2.24, 2.45) is 0 Å². The SMILES string of the molecule is [2H]c1c([2H])c([2H])c(-c2ccc(N(c3ccccc3)c3ccc4c(c3)c3c5ccccc5c5ccccc5c3n4-c3ccccc3)cc2)c([2H])c1[2H]. The fourth-order valence-corrected chi connectivity index (χ4v) is 6.85. The van der Waals surface area contributed by atoms with Crippen molar-refractivity contribution < 1.29 is 6.85 Å². The lowest BCUT2D eigenvalue weighted by molar-refractivity contribution is 1.18. The molecule has 216 valence electrons. The van der Waals surface area contributed by atoms with E-state index in [9.17, 15) is 0 Å². The molecule has 0 amide bonds. The van der Waals surface area contributed by atoms with Crippen molar-refractivity contribution in [2.75, 3.05) is 4.90 Å². The van der Waals surface area contributed by atoms with E-state index in [4.69, 9.17) is 6.85 Å². The average Bonchev–Trinajstić information content (AvgIpc) is 3.53. The van der Waals surface area contributed by atoms with Crippen molar-refractivity contribution in [1.29, 1.82) is 0 Å². The van der Waals surface area contributed by atoms with Crippen molar-refractivity contribution in [3.05, 3.63) is 182 Å². The second kappa shape index (κ2) is 10.8. The molecule has 1 aromatic heterocycles. The van der Waals surface area contributed by atoms with E-state index in [2.05, 4.69) is 113 Å². The molecule has 1 heterocycles. The van der Waals surface area contributed by atoms with Crippen molar-refractivity contribution in [2.45, 2.75) is 0 Å². The number of fused-ring (bicyclic) bond motifs is 8. The minimum Gasteiger partial charge on any atom is -0.310 e. The third-order valence-electron chi connectivity index (χ3n) is 8.82. The summed E-state index contributed by atoms with van der Waals surface area (Å²) in [4.78, 5) is 2.19. The molecule has 0 saturated carbocycles. The molecule has 0 N–H and O–H groups in total. The molecule has 9 aromatic rings. The molecule has 0 unspecified atom stereocenters. The predicted octanol–water partition coefficient (Wildman–Crippen LogP) is 12.2. The molecule has 0 bridgehead atoms. The largest absolute Gasteiger partial charge is 0.310 e. The fraction of sp³-hybridized carbons (Fsp3) is 0. The molecular formula is C44H30N2. The Morgan fingerprint density at radius 1 is 0.435 bits per heavy atom. The highest BCUT2D eigenvalue weighted by molar-refractivity contribution is 6.32. The van der Waals surface area contributed by atoms with Gasteiger partial charge >= 0.3 is 0 Å². The lowest BCUT2D eigenvalue weighted by atomic mass is 9.96. The van der Waals surface area contributed by atoms with Crippen molar-refractivity contribution >= 4 is 60.4 Å². The van der Waals surface area contributed by atoms with Crippen LogP contribution in [0.4, 0.5) is 17.1 Å². The number of aromatic nitrogens is 1. The first kappa shape index (κ1) is 21.6. The predicted molar refractivity (Wildman–Crippen MR) is 196 cm³/mol. The molecule has 0 aliphatic carbocycles. The normalized spacial score (nSPS) is 13.0. The zero-order valence-electron chi connectivity index (χ0n) is 29.8. The fourth-order valence-electron chi connectivity index (χ4n) is 6.85. The van der Waals surface area contributed by atoms with Crippen molar-refractivity contribution in [3.8, 4) is 16.8 Å². The van der Waals surface area contributed by atoms with Crippen LogP contribution >= 0.6 is 0 Å². The Kier molecular flexibility index (Phi) is 5.06.